The Morgan fingerprint density at radius 1 is 0.971 bits per heavy atom. The maximum absolute atomic E-state index is 9.94. The largest absolute Gasteiger partial charge is 0.490 e. The van der Waals surface area contributed by atoms with Crippen molar-refractivity contribution in [2.45, 2.75) is 13.5 Å². The number of nitriles is 1. The van der Waals surface area contributed by atoms with Crippen molar-refractivity contribution >= 4 is 61.6 Å². The zero-order chi connectivity index (χ0) is 24.1. The molecule has 3 nitrogen and oxygen atoms in total. The minimum atomic E-state index is 0.296. The number of nitrogens with zero attached hydrogens (tertiary/aromatic N) is 1. The molecular weight excluding hydrogens is 533 g/mol. The predicted molar refractivity (Wildman–Crippen MR) is 144 cm³/mol. The number of benzene rings is 4. The van der Waals surface area contributed by atoms with Crippen molar-refractivity contribution in [1.82, 2.24) is 0 Å². The summed E-state index contributed by atoms with van der Waals surface area (Å²) in [4.78, 5) is 0. The third-order valence-corrected chi connectivity index (χ3v) is 6.54. The van der Waals surface area contributed by atoms with Gasteiger partial charge in [-0.2, -0.15) is 5.26 Å². The molecule has 4 rings (SSSR count). The van der Waals surface area contributed by atoms with Crippen molar-refractivity contribution in [2.24, 2.45) is 0 Å². The normalized spacial score (nSPS) is 11.3. The van der Waals surface area contributed by atoms with Crippen LogP contribution in [0.1, 0.15) is 23.6 Å². The Morgan fingerprint density at radius 2 is 1.76 bits per heavy atom. The quantitative estimate of drug-likeness (QED) is 0.170. The molecule has 0 saturated heterocycles. The first-order valence-corrected chi connectivity index (χ1v) is 12.2. The highest BCUT2D eigenvalue weighted by atomic mass is 79.9. The Labute approximate surface area is 217 Å². The first-order valence-electron chi connectivity index (χ1n) is 10.6. The van der Waals surface area contributed by atoms with Gasteiger partial charge >= 0.3 is 0 Å². The monoisotopic (exact) mass is 551 g/mol. The van der Waals surface area contributed by atoms with Crippen LogP contribution in [-0.4, -0.2) is 6.61 Å². The molecule has 0 amide bonds. The fourth-order valence-corrected chi connectivity index (χ4v) is 4.55. The summed E-state index contributed by atoms with van der Waals surface area (Å²) >= 11 is 15.7. The summed E-state index contributed by atoms with van der Waals surface area (Å²) in [6, 6.07) is 25.5. The van der Waals surface area contributed by atoms with Crippen LogP contribution in [0.5, 0.6) is 11.5 Å². The Morgan fingerprint density at radius 3 is 2.53 bits per heavy atom. The Balaban J connectivity index is 1.69. The summed E-state index contributed by atoms with van der Waals surface area (Å²) in [5, 5.41) is 13.0. The van der Waals surface area contributed by atoms with Crippen molar-refractivity contribution < 1.29 is 9.47 Å². The van der Waals surface area contributed by atoms with Crippen LogP contribution in [0.25, 0.3) is 22.4 Å². The second-order valence-corrected chi connectivity index (χ2v) is 9.17. The number of halogens is 3. The molecule has 4 aromatic rings. The molecule has 0 aliphatic rings. The molecule has 0 N–H and O–H groups in total. The number of fused-ring (bicyclic) bond motifs is 1. The molecule has 0 bridgehead atoms. The van der Waals surface area contributed by atoms with Crippen molar-refractivity contribution in [3.05, 3.63) is 104 Å². The zero-order valence-corrected chi connectivity index (χ0v) is 21.4. The molecule has 4 aromatic carbocycles. The summed E-state index contributed by atoms with van der Waals surface area (Å²) in [5.41, 5.74) is 3.15. The fourth-order valence-electron chi connectivity index (χ4n) is 3.66. The van der Waals surface area contributed by atoms with Gasteiger partial charge in [0.25, 0.3) is 0 Å². The van der Waals surface area contributed by atoms with Gasteiger partial charge in [-0.15, -0.1) is 0 Å². The number of allylic oxidation sites excluding steroid dienone is 1. The van der Waals surface area contributed by atoms with E-state index >= 15 is 0 Å². The minimum absolute atomic E-state index is 0.296. The van der Waals surface area contributed by atoms with Crippen molar-refractivity contribution in [2.75, 3.05) is 6.61 Å². The summed E-state index contributed by atoms with van der Waals surface area (Å²) < 4.78 is 12.7. The van der Waals surface area contributed by atoms with Gasteiger partial charge in [-0.1, -0.05) is 71.7 Å². The van der Waals surface area contributed by atoms with Gasteiger partial charge in [0.2, 0.25) is 0 Å². The molecule has 0 saturated carbocycles. The highest BCUT2D eigenvalue weighted by Crippen LogP contribution is 2.39. The van der Waals surface area contributed by atoms with Gasteiger partial charge < -0.3 is 9.47 Å². The third kappa shape index (κ3) is 5.39. The maximum Gasteiger partial charge on any atom is 0.175 e. The average molecular weight is 553 g/mol. The summed E-state index contributed by atoms with van der Waals surface area (Å²) in [7, 11) is 0. The van der Waals surface area contributed by atoms with Crippen LogP contribution in [0.4, 0.5) is 0 Å². The van der Waals surface area contributed by atoms with Crippen LogP contribution in [0, 0.1) is 11.3 Å². The van der Waals surface area contributed by atoms with Gasteiger partial charge in [-0.05, 0) is 75.1 Å². The SMILES string of the molecule is CCOc1cc(/C=C(/C#N)c2cccc3ccccc23)cc(Br)c1OCc1ccc(Cl)c(Cl)c1. The third-order valence-electron chi connectivity index (χ3n) is 5.21. The lowest BCUT2D eigenvalue weighted by Gasteiger charge is -2.15. The van der Waals surface area contributed by atoms with E-state index in [0.717, 1.165) is 31.9 Å². The lowest BCUT2D eigenvalue weighted by atomic mass is 9.97. The van der Waals surface area contributed by atoms with Crippen molar-refractivity contribution in [1.29, 1.82) is 5.26 Å². The minimum Gasteiger partial charge on any atom is -0.490 e. The van der Waals surface area contributed by atoms with E-state index in [-0.39, 0.29) is 0 Å². The smallest absolute Gasteiger partial charge is 0.175 e. The van der Waals surface area contributed by atoms with Crippen LogP contribution in [0.3, 0.4) is 0 Å². The van der Waals surface area contributed by atoms with Crippen LogP contribution < -0.4 is 9.47 Å². The molecule has 0 aliphatic carbocycles. The topological polar surface area (TPSA) is 42.2 Å². The standard InChI is InChI=1S/C28H20BrCl2NO2/c1-2-33-27-15-19(12-21(16-32)23-9-5-7-20-6-3-4-8-22(20)23)13-24(29)28(27)34-17-18-10-11-25(30)26(31)14-18/h3-15H,2,17H2,1H3/b21-12-. The van der Waals surface area contributed by atoms with E-state index in [4.69, 9.17) is 32.7 Å². The molecule has 6 heteroatoms. The molecule has 34 heavy (non-hydrogen) atoms. The average Bonchev–Trinajstić information content (AvgIpc) is 2.84. The number of hydrogen-bond donors (Lipinski definition) is 0. The second kappa shape index (κ2) is 11.0. The lowest BCUT2D eigenvalue weighted by Crippen LogP contribution is -2.01. The highest BCUT2D eigenvalue weighted by Gasteiger charge is 2.14. The predicted octanol–water partition coefficient (Wildman–Crippen LogP) is 8.95. The molecule has 0 heterocycles. The van der Waals surface area contributed by atoms with E-state index in [0.29, 0.717) is 40.3 Å². The molecule has 170 valence electrons. The maximum atomic E-state index is 9.94. The fraction of sp³-hybridized carbons (Fsp3) is 0.107. The van der Waals surface area contributed by atoms with Gasteiger partial charge in [0, 0.05) is 5.56 Å². The van der Waals surface area contributed by atoms with E-state index in [1.54, 1.807) is 12.1 Å². The van der Waals surface area contributed by atoms with Crippen molar-refractivity contribution in [3.8, 4) is 17.6 Å². The zero-order valence-electron chi connectivity index (χ0n) is 18.3. The Kier molecular flexibility index (Phi) is 7.80. The second-order valence-electron chi connectivity index (χ2n) is 7.50. The van der Waals surface area contributed by atoms with Gasteiger partial charge in [-0.3, -0.25) is 0 Å². The van der Waals surface area contributed by atoms with Gasteiger partial charge in [0.1, 0.15) is 6.61 Å². The summed E-state index contributed by atoms with van der Waals surface area (Å²) in [5.74, 6) is 1.16. The van der Waals surface area contributed by atoms with Crippen LogP contribution in [-0.2, 0) is 6.61 Å². The van der Waals surface area contributed by atoms with E-state index < -0.39 is 0 Å². The highest BCUT2D eigenvalue weighted by molar-refractivity contribution is 9.10. The van der Waals surface area contributed by atoms with E-state index in [2.05, 4.69) is 22.0 Å². The molecule has 0 unspecified atom stereocenters. The van der Waals surface area contributed by atoms with Gasteiger partial charge in [0.05, 0.1) is 32.8 Å². The molecule has 0 fully saturated rings. The molecule has 0 atom stereocenters. The molecule has 0 aliphatic heterocycles. The molecule has 0 radical (unpaired) electrons. The van der Waals surface area contributed by atoms with Gasteiger partial charge in [-0.25, -0.2) is 0 Å². The first-order chi connectivity index (χ1) is 16.5. The summed E-state index contributed by atoms with van der Waals surface area (Å²) in [6.07, 6.45) is 1.86. The van der Waals surface area contributed by atoms with E-state index in [1.807, 2.05) is 73.7 Å². The molecule has 0 aromatic heterocycles. The van der Waals surface area contributed by atoms with Crippen LogP contribution >= 0.6 is 39.1 Å². The van der Waals surface area contributed by atoms with Crippen molar-refractivity contribution in [3.63, 3.8) is 0 Å². The first kappa shape index (κ1) is 24.2. The van der Waals surface area contributed by atoms with E-state index in [9.17, 15) is 5.26 Å². The lowest BCUT2D eigenvalue weighted by molar-refractivity contribution is 0.267. The number of rotatable bonds is 7. The molecule has 0 spiro atoms. The number of hydrogen-bond acceptors (Lipinski definition) is 3. The summed E-state index contributed by atoms with van der Waals surface area (Å²) in [6.45, 7) is 2.68. The van der Waals surface area contributed by atoms with Crippen LogP contribution in [0.15, 0.2) is 77.3 Å². The Hall–Kier alpha value is -2.97. The number of ether oxygens (including phenoxy) is 2. The Bertz CT molecular complexity index is 1420. The van der Waals surface area contributed by atoms with Gasteiger partial charge in [0.15, 0.2) is 11.5 Å². The van der Waals surface area contributed by atoms with Crippen LogP contribution in [0.2, 0.25) is 10.0 Å². The molecular formula is C28H20BrCl2NO2. The van der Waals surface area contributed by atoms with E-state index in [1.165, 1.54) is 0 Å².